The second kappa shape index (κ2) is 11.0. The Bertz CT molecular complexity index is 1210. The molecule has 1 atom stereocenters. The second-order valence-corrected chi connectivity index (χ2v) is 11.8. The maximum Gasteiger partial charge on any atom is 0.182 e. The average Bonchev–Trinajstić information content (AvgIpc) is 3.25. The molecule has 0 aliphatic carbocycles. The predicted octanol–water partition coefficient (Wildman–Crippen LogP) is 5.27. The Morgan fingerprint density at radius 3 is 2.41 bits per heavy atom. The molecule has 1 aliphatic rings. The van der Waals surface area contributed by atoms with E-state index in [-0.39, 0.29) is 18.4 Å². The van der Waals surface area contributed by atoms with E-state index in [0.29, 0.717) is 22.8 Å². The first-order chi connectivity index (χ1) is 16.3. The van der Waals surface area contributed by atoms with Gasteiger partial charge in [0.1, 0.15) is 12.4 Å². The van der Waals surface area contributed by atoms with E-state index in [2.05, 4.69) is 45.1 Å². The third-order valence-corrected chi connectivity index (χ3v) is 8.40. The Hall–Kier alpha value is -2.19. The zero-order valence-electron chi connectivity index (χ0n) is 19.3. The summed E-state index contributed by atoms with van der Waals surface area (Å²) in [5.74, 6) is 0.583. The fourth-order valence-corrected chi connectivity index (χ4v) is 5.98. The van der Waals surface area contributed by atoms with Crippen molar-refractivity contribution in [3.63, 3.8) is 0 Å². The van der Waals surface area contributed by atoms with E-state index in [1.165, 1.54) is 5.56 Å². The number of aryl methyl sites for hydroxylation is 1. The van der Waals surface area contributed by atoms with Crippen LogP contribution >= 0.6 is 15.9 Å². The van der Waals surface area contributed by atoms with Crippen LogP contribution in [0, 0.1) is 6.92 Å². The minimum Gasteiger partial charge on any atom is -0.489 e. The zero-order chi connectivity index (χ0) is 24.1. The number of ether oxygens (including phenoxy) is 1. The van der Waals surface area contributed by atoms with E-state index in [4.69, 9.17) is 4.74 Å². The highest BCUT2D eigenvalue weighted by Crippen LogP contribution is 2.24. The van der Waals surface area contributed by atoms with Crippen molar-refractivity contribution in [2.24, 2.45) is 0 Å². The monoisotopic (exact) mass is 543 g/mol. The second-order valence-electron chi connectivity index (χ2n) is 8.92. The quantitative estimate of drug-likeness (QED) is 0.398. The fourth-order valence-electron chi connectivity index (χ4n) is 4.39. The SMILES string of the molecule is Cc1cc(CS(=O)(=O)c2ccc(Br)cc2)cc(OCc2ccc(CN3CCC[C@@H]3CO)cc2)c1. The molecule has 1 aliphatic heterocycles. The number of halogens is 1. The van der Waals surface area contributed by atoms with Crippen LogP contribution in [0.5, 0.6) is 5.75 Å². The summed E-state index contributed by atoms with van der Waals surface area (Å²) < 4.78 is 32.5. The van der Waals surface area contributed by atoms with Gasteiger partial charge < -0.3 is 9.84 Å². The molecule has 5 nitrogen and oxygen atoms in total. The summed E-state index contributed by atoms with van der Waals surface area (Å²) in [5.41, 5.74) is 3.93. The summed E-state index contributed by atoms with van der Waals surface area (Å²) in [6.07, 6.45) is 2.20. The number of sulfone groups is 1. The number of benzene rings is 3. The summed E-state index contributed by atoms with van der Waals surface area (Å²) in [6.45, 7) is 4.44. The van der Waals surface area contributed by atoms with Crippen molar-refractivity contribution in [3.05, 3.63) is 93.5 Å². The van der Waals surface area contributed by atoms with Crippen LogP contribution in [0.2, 0.25) is 0 Å². The van der Waals surface area contributed by atoms with Gasteiger partial charge in [0, 0.05) is 17.1 Å². The van der Waals surface area contributed by atoms with Crippen LogP contribution in [0.15, 0.2) is 76.1 Å². The molecule has 180 valence electrons. The molecule has 1 N–H and O–H groups in total. The summed E-state index contributed by atoms with van der Waals surface area (Å²) >= 11 is 3.34. The van der Waals surface area contributed by atoms with Crippen LogP contribution in [0.25, 0.3) is 0 Å². The smallest absolute Gasteiger partial charge is 0.182 e. The topological polar surface area (TPSA) is 66.8 Å². The highest BCUT2D eigenvalue weighted by Gasteiger charge is 2.23. The van der Waals surface area contributed by atoms with Crippen LogP contribution in [0.1, 0.15) is 35.1 Å². The average molecular weight is 545 g/mol. The summed E-state index contributed by atoms with van der Waals surface area (Å²) in [5, 5.41) is 9.51. The number of rotatable bonds is 9. The van der Waals surface area contributed by atoms with E-state index in [0.717, 1.165) is 41.5 Å². The molecule has 1 saturated heterocycles. The lowest BCUT2D eigenvalue weighted by molar-refractivity contribution is 0.153. The molecule has 4 rings (SSSR count). The Labute approximate surface area is 210 Å². The first-order valence-corrected chi connectivity index (χ1v) is 13.9. The zero-order valence-corrected chi connectivity index (χ0v) is 21.7. The first kappa shape index (κ1) is 24.9. The normalized spacial score (nSPS) is 16.6. The summed E-state index contributed by atoms with van der Waals surface area (Å²) in [7, 11) is -3.45. The molecule has 1 heterocycles. The Morgan fingerprint density at radius 1 is 1.00 bits per heavy atom. The summed E-state index contributed by atoms with van der Waals surface area (Å²) in [4.78, 5) is 2.64. The van der Waals surface area contributed by atoms with Crippen LogP contribution in [-0.4, -0.2) is 37.6 Å². The molecule has 0 unspecified atom stereocenters. The van der Waals surface area contributed by atoms with Gasteiger partial charge in [0.2, 0.25) is 0 Å². The molecule has 0 saturated carbocycles. The molecule has 0 aromatic heterocycles. The maximum atomic E-state index is 12.8. The lowest BCUT2D eigenvalue weighted by atomic mass is 10.1. The molecule has 7 heteroatoms. The minimum absolute atomic E-state index is 0.0767. The van der Waals surface area contributed by atoms with Gasteiger partial charge in [0.15, 0.2) is 9.84 Å². The Balaban J connectivity index is 1.38. The number of hydrogen-bond donors (Lipinski definition) is 1. The lowest BCUT2D eigenvalue weighted by Crippen LogP contribution is -2.31. The van der Waals surface area contributed by atoms with E-state index in [1.807, 2.05) is 19.1 Å². The number of likely N-dealkylation sites (tertiary alicyclic amines) is 1. The predicted molar refractivity (Wildman–Crippen MR) is 138 cm³/mol. The van der Waals surface area contributed by atoms with Crippen molar-refractivity contribution in [3.8, 4) is 5.75 Å². The molecular weight excluding hydrogens is 514 g/mol. The molecular formula is C27H30BrNO4S. The summed E-state index contributed by atoms with van der Waals surface area (Å²) in [6, 6.07) is 20.9. The maximum absolute atomic E-state index is 12.8. The van der Waals surface area contributed by atoms with Crippen LogP contribution in [0.4, 0.5) is 0 Å². The van der Waals surface area contributed by atoms with Crippen molar-refractivity contribution in [2.45, 2.75) is 49.6 Å². The van der Waals surface area contributed by atoms with Crippen molar-refractivity contribution >= 4 is 25.8 Å². The van der Waals surface area contributed by atoms with Gasteiger partial charge in [-0.25, -0.2) is 8.42 Å². The van der Waals surface area contributed by atoms with Gasteiger partial charge in [0.25, 0.3) is 0 Å². The first-order valence-electron chi connectivity index (χ1n) is 11.5. The molecule has 3 aromatic rings. The molecule has 0 bridgehead atoms. The minimum atomic E-state index is -3.45. The van der Waals surface area contributed by atoms with Gasteiger partial charge in [0.05, 0.1) is 17.3 Å². The molecule has 3 aromatic carbocycles. The molecule has 1 fully saturated rings. The van der Waals surface area contributed by atoms with E-state index < -0.39 is 9.84 Å². The third kappa shape index (κ3) is 6.48. The van der Waals surface area contributed by atoms with Gasteiger partial charge >= 0.3 is 0 Å². The van der Waals surface area contributed by atoms with Crippen LogP contribution in [0.3, 0.4) is 0 Å². The number of hydrogen-bond acceptors (Lipinski definition) is 5. The molecule has 0 amide bonds. The van der Waals surface area contributed by atoms with Crippen LogP contribution in [-0.2, 0) is 28.7 Å². The highest BCUT2D eigenvalue weighted by atomic mass is 79.9. The van der Waals surface area contributed by atoms with E-state index in [9.17, 15) is 13.5 Å². The van der Waals surface area contributed by atoms with Crippen molar-refractivity contribution < 1.29 is 18.3 Å². The third-order valence-electron chi connectivity index (χ3n) is 6.16. The van der Waals surface area contributed by atoms with Crippen LogP contribution < -0.4 is 4.74 Å². The Morgan fingerprint density at radius 2 is 1.71 bits per heavy atom. The van der Waals surface area contributed by atoms with Crippen molar-refractivity contribution in [1.29, 1.82) is 0 Å². The van der Waals surface area contributed by atoms with Gasteiger partial charge in [-0.3, -0.25) is 4.90 Å². The van der Waals surface area contributed by atoms with Gasteiger partial charge in [-0.15, -0.1) is 0 Å². The molecule has 34 heavy (non-hydrogen) atoms. The van der Waals surface area contributed by atoms with E-state index in [1.54, 1.807) is 30.3 Å². The number of aliphatic hydroxyl groups excluding tert-OH is 1. The van der Waals surface area contributed by atoms with Gasteiger partial charge in [-0.2, -0.15) is 0 Å². The van der Waals surface area contributed by atoms with E-state index >= 15 is 0 Å². The van der Waals surface area contributed by atoms with Crippen molar-refractivity contribution in [1.82, 2.24) is 4.90 Å². The molecule has 0 spiro atoms. The standard InChI is InChI=1S/C27H30BrNO4S/c1-20-13-23(19-34(31,32)27-10-8-24(28)9-11-27)15-26(14-20)33-18-22-6-4-21(5-7-22)16-29-12-2-3-25(29)17-30/h4-11,13-15,25,30H,2-3,12,16-19H2,1H3/t25-/m1/s1. The van der Waals surface area contributed by atoms with Gasteiger partial charge in [-0.1, -0.05) is 46.3 Å². The Kier molecular flexibility index (Phi) is 8.09. The fraction of sp³-hybridized carbons (Fsp3) is 0.333. The van der Waals surface area contributed by atoms with Crippen molar-refractivity contribution in [2.75, 3.05) is 13.2 Å². The lowest BCUT2D eigenvalue weighted by Gasteiger charge is -2.22. The number of nitrogens with zero attached hydrogens (tertiary/aromatic N) is 1. The molecule has 0 radical (unpaired) electrons. The highest BCUT2D eigenvalue weighted by molar-refractivity contribution is 9.10. The number of aliphatic hydroxyl groups is 1. The largest absolute Gasteiger partial charge is 0.489 e. The van der Waals surface area contributed by atoms with Gasteiger partial charge in [-0.05, 0) is 85.0 Å².